The molecule has 0 fully saturated rings. The van der Waals surface area contributed by atoms with Crippen molar-refractivity contribution >= 4 is 11.3 Å². The van der Waals surface area contributed by atoms with Crippen molar-refractivity contribution < 1.29 is 0 Å². The molecule has 0 aliphatic rings. The molecule has 1 nitrogen and oxygen atoms in total. The molecule has 0 saturated heterocycles. The van der Waals surface area contributed by atoms with Crippen LogP contribution in [0.3, 0.4) is 0 Å². The summed E-state index contributed by atoms with van der Waals surface area (Å²) in [6.45, 7) is 0.264. The Morgan fingerprint density at radius 3 is 3.00 bits per heavy atom. The van der Waals surface area contributed by atoms with Crippen molar-refractivity contribution in [2.24, 2.45) is 0 Å². The Morgan fingerprint density at radius 1 is 1.62 bits per heavy atom. The van der Waals surface area contributed by atoms with Gasteiger partial charge in [0.15, 0.2) is 0 Å². The van der Waals surface area contributed by atoms with Crippen LogP contribution in [0.4, 0.5) is 0 Å². The second-order valence-corrected chi connectivity index (χ2v) is 2.59. The van der Waals surface area contributed by atoms with Gasteiger partial charge in [-0.1, -0.05) is 6.07 Å². The third-order valence-corrected chi connectivity index (χ3v) is 1.87. The third-order valence-electron chi connectivity index (χ3n) is 0.938. The lowest BCUT2D eigenvalue weighted by molar-refractivity contribution is 0.959. The van der Waals surface area contributed by atoms with Gasteiger partial charge in [0.2, 0.25) is 0 Å². The van der Waals surface area contributed by atoms with Crippen LogP contribution < -0.4 is 5.73 Å². The first-order valence-corrected chi connectivity index (χ1v) is 3.44. The molecule has 0 amide bonds. The van der Waals surface area contributed by atoms with E-state index < -0.39 is 0 Å². The zero-order chi connectivity index (χ0) is 5.82. The summed E-state index contributed by atoms with van der Waals surface area (Å²) in [5.74, 6) is 0. The van der Waals surface area contributed by atoms with Gasteiger partial charge in [-0.15, -0.1) is 17.1 Å². The smallest absolute Gasteiger partial charge is 0.0369 e. The first-order chi connectivity index (χ1) is 3.93. The molecule has 1 aromatic rings. The monoisotopic (exact) mass is 125 g/mol. The van der Waals surface area contributed by atoms with Gasteiger partial charge in [-0.2, -0.15) is 0 Å². The fraction of sp³-hybridized carbons (Fsp3) is 0.333. The lowest BCUT2D eigenvalue weighted by Gasteiger charge is -1.84. The average molecular weight is 125 g/mol. The van der Waals surface area contributed by atoms with Gasteiger partial charge in [-0.3, -0.25) is 0 Å². The molecule has 8 heavy (non-hydrogen) atoms. The summed E-state index contributed by atoms with van der Waals surface area (Å²) in [5.41, 5.74) is 8.44. The van der Waals surface area contributed by atoms with Gasteiger partial charge in [-0.25, -0.2) is 0 Å². The van der Waals surface area contributed by atoms with Gasteiger partial charge < -0.3 is 0 Å². The minimum Gasteiger partial charge on any atom is -0.149 e. The number of hydrogen-bond donors (Lipinski definition) is 0. The van der Waals surface area contributed by atoms with Crippen LogP contribution in [0.1, 0.15) is 4.88 Å². The van der Waals surface area contributed by atoms with Crippen LogP contribution in [0.2, 0.25) is 0 Å². The summed E-state index contributed by atoms with van der Waals surface area (Å²) >= 11 is 1.69. The van der Waals surface area contributed by atoms with Gasteiger partial charge in [0.05, 0.1) is 0 Å². The first kappa shape index (κ1) is 5.79. The maximum atomic E-state index is 8.44. The molecule has 0 N–H and O–H groups in total. The van der Waals surface area contributed by atoms with Crippen LogP contribution >= 0.6 is 11.3 Å². The van der Waals surface area contributed by atoms with E-state index in [1.807, 2.05) is 17.5 Å². The van der Waals surface area contributed by atoms with Crippen molar-refractivity contribution in [3.63, 3.8) is 0 Å². The van der Waals surface area contributed by atoms with Crippen LogP contribution in [0.15, 0.2) is 17.5 Å². The van der Waals surface area contributed by atoms with E-state index in [-0.39, 0.29) is 6.54 Å². The predicted molar refractivity (Wildman–Crippen MR) is 35.0 cm³/mol. The van der Waals surface area contributed by atoms with E-state index in [1.54, 1.807) is 11.3 Å². The van der Waals surface area contributed by atoms with E-state index >= 15 is 0 Å². The van der Waals surface area contributed by atoms with Crippen molar-refractivity contribution in [2.75, 3.05) is 6.54 Å². The zero-order valence-electron chi connectivity index (χ0n) is 4.50. The SMILES string of the molecule is [N]CCc1cccs1. The average Bonchev–Trinajstić information content (AvgIpc) is 2.19. The second kappa shape index (κ2) is 2.84. The van der Waals surface area contributed by atoms with Crippen LogP contribution in [-0.4, -0.2) is 6.54 Å². The number of hydrogen-bond acceptors (Lipinski definition) is 1. The topological polar surface area (TPSA) is 22.3 Å². The molecular formula is C6H7NS. The van der Waals surface area contributed by atoms with E-state index in [0.29, 0.717) is 0 Å². The largest absolute Gasteiger partial charge is 0.149 e. The molecule has 0 aliphatic heterocycles. The van der Waals surface area contributed by atoms with E-state index in [9.17, 15) is 0 Å². The van der Waals surface area contributed by atoms with E-state index in [4.69, 9.17) is 5.73 Å². The van der Waals surface area contributed by atoms with E-state index in [0.717, 1.165) is 6.42 Å². The Labute approximate surface area is 53.1 Å². The molecule has 1 aromatic heterocycles. The van der Waals surface area contributed by atoms with Crippen LogP contribution in [0.25, 0.3) is 0 Å². The summed E-state index contributed by atoms with van der Waals surface area (Å²) in [7, 11) is 0. The van der Waals surface area contributed by atoms with Crippen molar-refractivity contribution in [1.29, 1.82) is 0 Å². The highest BCUT2D eigenvalue weighted by molar-refractivity contribution is 7.09. The molecule has 0 unspecified atom stereocenters. The van der Waals surface area contributed by atoms with Crippen LogP contribution in [0, 0.1) is 0 Å². The molecule has 0 aliphatic carbocycles. The molecule has 0 saturated carbocycles. The highest BCUT2D eigenvalue weighted by Gasteiger charge is 1.88. The molecule has 0 spiro atoms. The Bertz CT molecular complexity index is 134. The van der Waals surface area contributed by atoms with Crippen molar-refractivity contribution in [3.8, 4) is 0 Å². The fourth-order valence-corrected chi connectivity index (χ4v) is 1.26. The Hall–Kier alpha value is -0.340. The fourth-order valence-electron chi connectivity index (χ4n) is 0.565. The summed E-state index contributed by atoms with van der Waals surface area (Å²) < 4.78 is 0. The van der Waals surface area contributed by atoms with Gasteiger partial charge in [0.25, 0.3) is 0 Å². The van der Waals surface area contributed by atoms with Gasteiger partial charge >= 0.3 is 0 Å². The first-order valence-electron chi connectivity index (χ1n) is 2.56. The molecule has 0 bridgehead atoms. The summed E-state index contributed by atoms with van der Waals surface area (Å²) in [5, 5.41) is 2.02. The quantitative estimate of drug-likeness (QED) is 0.569. The van der Waals surface area contributed by atoms with Gasteiger partial charge in [0, 0.05) is 11.4 Å². The third kappa shape index (κ3) is 1.32. The Balaban J connectivity index is 2.50. The Morgan fingerprint density at radius 2 is 2.50 bits per heavy atom. The minimum atomic E-state index is 0.264. The van der Waals surface area contributed by atoms with Crippen molar-refractivity contribution in [2.45, 2.75) is 6.42 Å². The minimum absolute atomic E-state index is 0.264. The highest BCUT2D eigenvalue weighted by atomic mass is 32.1. The standard InChI is InChI=1S/C6H7NS/c7-4-3-6-2-1-5-8-6/h1-2,5H,3-4H2. The molecule has 2 radical (unpaired) electrons. The van der Waals surface area contributed by atoms with Crippen LogP contribution in [0.5, 0.6) is 0 Å². The molecular weight excluding hydrogens is 118 g/mol. The molecule has 1 rings (SSSR count). The highest BCUT2D eigenvalue weighted by Crippen LogP contribution is 2.07. The lowest BCUT2D eigenvalue weighted by atomic mass is 10.3. The molecule has 42 valence electrons. The summed E-state index contributed by atoms with van der Waals surface area (Å²) in [6, 6.07) is 4.02. The molecule has 2 heteroatoms. The number of nitrogens with zero attached hydrogens (tertiary/aromatic N) is 1. The zero-order valence-corrected chi connectivity index (χ0v) is 5.32. The Kier molecular flexibility index (Phi) is 2.06. The normalized spacial score (nSPS) is 9.62. The molecule has 0 atom stereocenters. The number of thiophene rings is 1. The predicted octanol–water partition coefficient (Wildman–Crippen LogP) is 1.36. The summed E-state index contributed by atoms with van der Waals surface area (Å²) in [6.07, 6.45) is 0.803. The van der Waals surface area contributed by atoms with Gasteiger partial charge in [0.1, 0.15) is 0 Å². The maximum Gasteiger partial charge on any atom is 0.0369 e. The van der Waals surface area contributed by atoms with Crippen molar-refractivity contribution in [1.82, 2.24) is 5.73 Å². The van der Waals surface area contributed by atoms with E-state index in [1.165, 1.54) is 4.88 Å². The van der Waals surface area contributed by atoms with Crippen LogP contribution in [-0.2, 0) is 6.42 Å². The number of rotatable bonds is 2. The van der Waals surface area contributed by atoms with Gasteiger partial charge in [-0.05, 0) is 17.9 Å². The second-order valence-electron chi connectivity index (χ2n) is 1.55. The lowest BCUT2D eigenvalue weighted by Crippen LogP contribution is -1.86. The van der Waals surface area contributed by atoms with Crippen molar-refractivity contribution in [3.05, 3.63) is 22.4 Å². The molecule has 0 aromatic carbocycles. The van der Waals surface area contributed by atoms with E-state index in [2.05, 4.69) is 0 Å². The summed E-state index contributed by atoms with van der Waals surface area (Å²) in [4.78, 5) is 1.26. The maximum absolute atomic E-state index is 8.44. The molecule has 1 heterocycles.